The van der Waals surface area contributed by atoms with Gasteiger partial charge in [-0.3, -0.25) is 4.98 Å². The molecule has 2 heterocycles. The van der Waals surface area contributed by atoms with Gasteiger partial charge in [0.1, 0.15) is 10.7 Å². The molecule has 1 aliphatic rings. The Hall–Kier alpha value is -0.760. The number of aromatic nitrogens is 1. The van der Waals surface area contributed by atoms with Crippen LogP contribution in [0, 0.1) is 5.82 Å². The molecule has 2 rings (SSSR count). The van der Waals surface area contributed by atoms with Gasteiger partial charge >= 0.3 is 0 Å². The second-order valence-corrected chi connectivity index (χ2v) is 5.91. The van der Waals surface area contributed by atoms with E-state index in [1.807, 2.05) is 0 Å². The van der Waals surface area contributed by atoms with Crippen molar-refractivity contribution in [3.05, 3.63) is 24.3 Å². The third-order valence-corrected chi connectivity index (χ3v) is 4.71. The van der Waals surface area contributed by atoms with Crippen LogP contribution in [0.25, 0.3) is 0 Å². The van der Waals surface area contributed by atoms with E-state index in [1.54, 1.807) is 7.05 Å². The molecule has 1 aromatic heterocycles. The van der Waals surface area contributed by atoms with Crippen molar-refractivity contribution in [3.8, 4) is 0 Å². The Kier molecular flexibility index (Phi) is 5.03. The number of hydrogen-bond acceptors (Lipinski definition) is 4. The molecule has 1 fully saturated rings. The van der Waals surface area contributed by atoms with Crippen LogP contribution in [-0.2, 0) is 10.0 Å². The van der Waals surface area contributed by atoms with Crippen LogP contribution in [0.2, 0.25) is 0 Å². The number of nitrogens with zero attached hydrogens (tertiary/aromatic N) is 2. The van der Waals surface area contributed by atoms with Gasteiger partial charge in [-0.15, -0.1) is 12.4 Å². The maximum Gasteiger partial charge on any atom is 0.244 e. The van der Waals surface area contributed by atoms with E-state index in [4.69, 9.17) is 0 Å². The predicted molar refractivity (Wildman–Crippen MR) is 67.7 cm³/mol. The first-order chi connectivity index (χ1) is 8.04. The van der Waals surface area contributed by atoms with Crippen LogP contribution < -0.4 is 5.32 Å². The van der Waals surface area contributed by atoms with E-state index < -0.39 is 15.8 Å². The van der Waals surface area contributed by atoms with Gasteiger partial charge in [-0.05, 0) is 19.5 Å². The Morgan fingerprint density at radius 3 is 2.78 bits per heavy atom. The quantitative estimate of drug-likeness (QED) is 0.888. The lowest BCUT2D eigenvalue weighted by molar-refractivity contribution is 0.463. The summed E-state index contributed by atoms with van der Waals surface area (Å²) in [7, 11) is -1.82. The second-order valence-electron chi connectivity index (χ2n) is 3.98. The van der Waals surface area contributed by atoms with E-state index in [0.717, 1.165) is 18.7 Å². The van der Waals surface area contributed by atoms with Gasteiger partial charge in [0, 0.05) is 25.3 Å². The zero-order valence-corrected chi connectivity index (χ0v) is 11.5. The van der Waals surface area contributed by atoms with Gasteiger partial charge in [-0.2, -0.15) is 4.31 Å². The molecule has 1 saturated heterocycles. The Morgan fingerprint density at radius 1 is 1.50 bits per heavy atom. The van der Waals surface area contributed by atoms with E-state index in [1.165, 1.54) is 10.5 Å². The zero-order chi connectivity index (χ0) is 12.5. The molecule has 1 aliphatic heterocycles. The molecule has 8 heteroatoms. The van der Waals surface area contributed by atoms with Crippen LogP contribution in [0.1, 0.15) is 6.42 Å². The highest BCUT2D eigenvalue weighted by Crippen LogP contribution is 2.20. The minimum Gasteiger partial charge on any atom is -0.316 e. The van der Waals surface area contributed by atoms with Crippen molar-refractivity contribution < 1.29 is 12.8 Å². The zero-order valence-electron chi connectivity index (χ0n) is 9.84. The minimum absolute atomic E-state index is 0. The summed E-state index contributed by atoms with van der Waals surface area (Å²) in [6.07, 6.45) is 2.92. The Bertz CT molecular complexity index is 512. The topological polar surface area (TPSA) is 62.3 Å². The van der Waals surface area contributed by atoms with Gasteiger partial charge in [0.15, 0.2) is 0 Å². The second kappa shape index (κ2) is 5.92. The van der Waals surface area contributed by atoms with Crippen molar-refractivity contribution in [2.24, 2.45) is 0 Å². The maximum atomic E-state index is 13.0. The van der Waals surface area contributed by atoms with Gasteiger partial charge in [-0.25, -0.2) is 12.8 Å². The molecule has 0 aliphatic carbocycles. The number of nitrogens with one attached hydrogen (secondary N) is 1. The number of sulfonamides is 1. The van der Waals surface area contributed by atoms with Gasteiger partial charge < -0.3 is 5.32 Å². The maximum absolute atomic E-state index is 13.0. The fourth-order valence-corrected chi connectivity index (χ4v) is 3.34. The molecular formula is C10H15ClFN3O2S. The van der Waals surface area contributed by atoms with Crippen molar-refractivity contribution in [1.29, 1.82) is 0 Å². The van der Waals surface area contributed by atoms with E-state index in [9.17, 15) is 12.8 Å². The third kappa shape index (κ3) is 2.97. The standard InChI is InChI=1S/C10H14FN3O2S.ClH/c1-12-9-2-3-14(7-9)17(15,16)10-4-8(11)5-13-6-10;/h4-6,9,12H,2-3,7H2,1H3;1H. The van der Waals surface area contributed by atoms with Crippen molar-refractivity contribution in [2.45, 2.75) is 17.4 Å². The molecule has 18 heavy (non-hydrogen) atoms. The molecule has 1 unspecified atom stereocenters. The molecule has 0 saturated carbocycles. The molecule has 0 aromatic carbocycles. The van der Waals surface area contributed by atoms with E-state index in [2.05, 4.69) is 10.3 Å². The number of rotatable bonds is 3. The highest BCUT2D eigenvalue weighted by atomic mass is 35.5. The fraction of sp³-hybridized carbons (Fsp3) is 0.500. The SMILES string of the molecule is CNC1CCN(S(=O)(=O)c2cncc(F)c2)C1.Cl. The van der Waals surface area contributed by atoms with Crippen LogP contribution in [0.15, 0.2) is 23.4 Å². The average molecular weight is 296 g/mol. The Morgan fingerprint density at radius 2 is 2.22 bits per heavy atom. The van der Waals surface area contributed by atoms with Crippen molar-refractivity contribution in [3.63, 3.8) is 0 Å². The highest BCUT2D eigenvalue weighted by Gasteiger charge is 2.32. The number of halogens is 2. The van der Waals surface area contributed by atoms with Crippen LogP contribution in [-0.4, -0.2) is 43.9 Å². The third-order valence-electron chi connectivity index (χ3n) is 2.88. The monoisotopic (exact) mass is 295 g/mol. The molecule has 1 aromatic rings. The van der Waals surface area contributed by atoms with E-state index in [0.29, 0.717) is 13.1 Å². The van der Waals surface area contributed by atoms with Crippen LogP contribution >= 0.6 is 12.4 Å². The molecule has 1 N–H and O–H groups in total. The molecule has 102 valence electrons. The first-order valence-electron chi connectivity index (χ1n) is 5.32. The summed E-state index contributed by atoms with van der Waals surface area (Å²) in [5, 5.41) is 3.03. The molecule has 0 radical (unpaired) electrons. The Labute approximate surface area is 112 Å². The lowest BCUT2D eigenvalue weighted by Crippen LogP contribution is -2.33. The first-order valence-corrected chi connectivity index (χ1v) is 6.76. The summed E-state index contributed by atoms with van der Waals surface area (Å²) in [4.78, 5) is 3.48. The molecule has 1 atom stereocenters. The van der Waals surface area contributed by atoms with E-state index >= 15 is 0 Å². The summed E-state index contributed by atoms with van der Waals surface area (Å²) < 4.78 is 38.6. The summed E-state index contributed by atoms with van der Waals surface area (Å²) in [5.41, 5.74) is 0. The molecule has 5 nitrogen and oxygen atoms in total. The minimum atomic E-state index is -3.61. The van der Waals surface area contributed by atoms with Crippen LogP contribution in [0.5, 0.6) is 0 Å². The Balaban J connectivity index is 0.00000162. The molecule has 0 amide bonds. The largest absolute Gasteiger partial charge is 0.316 e. The van der Waals surface area contributed by atoms with Crippen LogP contribution in [0.4, 0.5) is 4.39 Å². The number of likely N-dealkylation sites (N-methyl/N-ethyl adjacent to an activating group) is 1. The van der Waals surface area contributed by atoms with Gasteiger partial charge in [0.2, 0.25) is 10.0 Å². The molecular weight excluding hydrogens is 281 g/mol. The lowest BCUT2D eigenvalue weighted by Gasteiger charge is -2.16. The van der Waals surface area contributed by atoms with Gasteiger partial charge in [-0.1, -0.05) is 0 Å². The normalized spacial score (nSPS) is 20.7. The summed E-state index contributed by atoms with van der Waals surface area (Å²) in [5.74, 6) is -0.643. The molecule has 0 bridgehead atoms. The van der Waals surface area contributed by atoms with Crippen molar-refractivity contribution >= 4 is 22.4 Å². The van der Waals surface area contributed by atoms with Crippen LogP contribution in [0.3, 0.4) is 0 Å². The average Bonchev–Trinajstić information content (AvgIpc) is 2.78. The van der Waals surface area contributed by atoms with Crippen molar-refractivity contribution in [2.75, 3.05) is 20.1 Å². The smallest absolute Gasteiger partial charge is 0.244 e. The first kappa shape index (κ1) is 15.3. The van der Waals surface area contributed by atoms with Crippen molar-refractivity contribution in [1.82, 2.24) is 14.6 Å². The lowest BCUT2D eigenvalue weighted by atomic mass is 10.3. The van der Waals surface area contributed by atoms with Gasteiger partial charge in [0.05, 0.1) is 6.20 Å². The summed E-state index contributed by atoms with van der Waals surface area (Å²) in [6, 6.07) is 1.15. The predicted octanol–water partition coefficient (Wildman–Crippen LogP) is 0.625. The highest BCUT2D eigenvalue weighted by molar-refractivity contribution is 7.89. The number of pyridine rings is 1. The van der Waals surface area contributed by atoms with Gasteiger partial charge in [0.25, 0.3) is 0 Å². The summed E-state index contributed by atoms with van der Waals surface area (Å²) >= 11 is 0. The number of hydrogen-bond donors (Lipinski definition) is 1. The molecule has 0 spiro atoms. The summed E-state index contributed by atoms with van der Waals surface area (Å²) in [6.45, 7) is 0.861. The van der Waals surface area contributed by atoms with E-state index in [-0.39, 0.29) is 23.3 Å². The fourth-order valence-electron chi connectivity index (χ4n) is 1.86.